The first-order valence-electron chi connectivity index (χ1n) is 7.05. The molecule has 2 aromatic rings. The fraction of sp³-hybridized carbons (Fsp3) is 0.235. The molecule has 0 saturated heterocycles. The lowest BCUT2D eigenvalue weighted by Crippen LogP contribution is -2.22. The molecule has 0 aromatic heterocycles. The Hall–Kier alpha value is -2.21. The molecule has 5 nitrogen and oxygen atoms in total. The third-order valence-corrected chi connectivity index (χ3v) is 3.80. The minimum atomic E-state index is -0.131. The van der Waals surface area contributed by atoms with Crippen LogP contribution >= 0.6 is 15.9 Å². The second-order valence-electron chi connectivity index (χ2n) is 4.93. The predicted octanol–water partition coefficient (Wildman–Crippen LogP) is 3.83. The summed E-state index contributed by atoms with van der Waals surface area (Å²) in [5.41, 5.74) is 2.52. The number of amides is 1. The highest BCUT2D eigenvalue weighted by Gasteiger charge is 2.08. The number of hydrogen-bond acceptors (Lipinski definition) is 4. The van der Waals surface area contributed by atoms with Crippen molar-refractivity contribution in [2.24, 2.45) is 0 Å². The van der Waals surface area contributed by atoms with Crippen molar-refractivity contribution in [2.75, 3.05) is 31.4 Å². The van der Waals surface area contributed by atoms with E-state index in [0.717, 1.165) is 21.4 Å². The molecule has 122 valence electrons. The SMILES string of the molecule is COc1ccc(NCC(=O)Nc2ccc(Br)cc2C)c(OC)c1. The molecule has 0 saturated carbocycles. The molecule has 23 heavy (non-hydrogen) atoms. The van der Waals surface area contributed by atoms with Crippen LogP contribution in [0, 0.1) is 6.92 Å². The van der Waals surface area contributed by atoms with Crippen LogP contribution in [0.2, 0.25) is 0 Å². The summed E-state index contributed by atoms with van der Waals surface area (Å²) in [4.78, 5) is 12.1. The average Bonchev–Trinajstić information content (AvgIpc) is 2.55. The Bertz CT molecular complexity index is 704. The zero-order valence-corrected chi connectivity index (χ0v) is 14.9. The molecule has 2 N–H and O–H groups in total. The van der Waals surface area contributed by atoms with E-state index in [1.54, 1.807) is 20.3 Å². The van der Waals surface area contributed by atoms with Crippen molar-refractivity contribution in [3.63, 3.8) is 0 Å². The van der Waals surface area contributed by atoms with Crippen molar-refractivity contribution >= 4 is 33.2 Å². The van der Waals surface area contributed by atoms with Crippen LogP contribution < -0.4 is 20.1 Å². The standard InChI is InChI=1S/C17H19BrN2O3/c1-11-8-12(18)4-6-14(11)20-17(21)10-19-15-7-5-13(22-2)9-16(15)23-3/h4-9,19H,10H2,1-3H3,(H,20,21). The molecule has 2 rings (SSSR count). The van der Waals surface area contributed by atoms with Crippen LogP contribution in [-0.4, -0.2) is 26.7 Å². The Labute approximate surface area is 144 Å². The first-order valence-corrected chi connectivity index (χ1v) is 7.84. The number of aryl methyl sites for hydroxylation is 1. The number of methoxy groups -OCH3 is 2. The Morgan fingerprint density at radius 3 is 2.48 bits per heavy atom. The smallest absolute Gasteiger partial charge is 0.243 e. The zero-order chi connectivity index (χ0) is 16.8. The number of carbonyl (C=O) groups excluding carboxylic acids is 1. The molecular weight excluding hydrogens is 360 g/mol. The number of carbonyl (C=O) groups is 1. The Kier molecular flexibility index (Phi) is 5.87. The summed E-state index contributed by atoms with van der Waals surface area (Å²) in [6.45, 7) is 2.08. The van der Waals surface area contributed by atoms with E-state index < -0.39 is 0 Å². The molecule has 6 heteroatoms. The third-order valence-electron chi connectivity index (χ3n) is 3.31. The number of rotatable bonds is 6. The molecule has 0 fully saturated rings. The zero-order valence-electron chi connectivity index (χ0n) is 13.3. The molecule has 0 radical (unpaired) electrons. The van der Waals surface area contributed by atoms with Crippen molar-refractivity contribution in [1.29, 1.82) is 0 Å². The molecule has 0 aliphatic heterocycles. The van der Waals surface area contributed by atoms with Crippen molar-refractivity contribution in [2.45, 2.75) is 6.92 Å². The lowest BCUT2D eigenvalue weighted by Gasteiger charge is -2.13. The van der Waals surface area contributed by atoms with Crippen LogP contribution in [0.3, 0.4) is 0 Å². The summed E-state index contributed by atoms with van der Waals surface area (Å²) in [6.07, 6.45) is 0. The molecule has 0 aliphatic carbocycles. The first kappa shape index (κ1) is 17.1. The van der Waals surface area contributed by atoms with Crippen LogP contribution in [0.1, 0.15) is 5.56 Å². The van der Waals surface area contributed by atoms with E-state index in [1.807, 2.05) is 37.3 Å². The minimum absolute atomic E-state index is 0.131. The van der Waals surface area contributed by atoms with Gasteiger partial charge in [-0.25, -0.2) is 0 Å². The molecule has 0 heterocycles. The second-order valence-corrected chi connectivity index (χ2v) is 5.84. The van der Waals surface area contributed by atoms with Crippen LogP contribution in [-0.2, 0) is 4.79 Å². The van der Waals surface area contributed by atoms with Crippen LogP contribution in [0.4, 0.5) is 11.4 Å². The van der Waals surface area contributed by atoms with Gasteiger partial charge in [-0.1, -0.05) is 15.9 Å². The average molecular weight is 379 g/mol. The topological polar surface area (TPSA) is 59.6 Å². The highest BCUT2D eigenvalue weighted by Crippen LogP contribution is 2.28. The number of hydrogen-bond donors (Lipinski definition) is 2. The Morgan fingerprint density at radius 1 is 1.09 bits per heavy atom. The predicted molar refractivity (Wildman–Crippen MR) is 95.5 cm³/mol. The summed E-state index contributed by atoms with van der Waals surface area (Å²) >= 11 is 3.40. The normalized spacial score (nSPS) is 10.1. The fourth-order valence-electron chi connectivity index (χ4n) is 2.08. The summed E-state index contributed by atoms with van der Waals surface area (Å²) in [5.74, 6) is 1.19. The van der Waals surface area contributed by atoms with E-state index in [0.29, 0.717) is 11.5 Å². The molecule has 0 atom stereocenters. The van der Waals surface area contributed by atoms with Gasteiger partial charge in [0.1, 0.15) is 11.5 Å². The van der Waals surface area contributed by atoms with Gasteiger partial charge in [-0.05, 0) is 42.8 Å². The van der Waals surface area contributed by atoms with E-state index in [4.69, 9.17) is 9.47 Å². The summed E-state index contributed by atoms with van der Waals surface area (Å²) < 4.78 is 11.4. The fourth-order valence-corrected chi connectivity index (χ4v) is 2.56. The van der Waals surface area contributed by atoms with Crippen LogP contribution in [0.5, 0.6) is 11.5 Å². The Balaban J connectivity index is 1.99. The maximum atomic E-state index is 12.1. The lowest BCUT2D eigenvalue weighted by atomic mass is 10.2. The number of anilines is 2. The van der Waals surface area contributed by atoms with E-state index >= 15 is 0 Å². The summed E-state index contributed by atoms with van der Waals surface area (Å²) in [6, 6.07) is 11.1. The van der Waals surface area contributed by atoms with Gasteiger partial charge in [-0.15, -0.1) is 0 Å². The summed E-state index contributed by atoms with van der Waals surface area (Å²) in [5, 5.41) is 5.94. The van der Waals surface area contributed by atoms with Gasteiger partial charge < -0.3 is 20.1 Å². The van der Waals surface area contributed by atoms with E-state index in [2.05, 4.69) is 26.6 Å². The number of halogens is 1. The van der Waals surface area contributed by atoms with Gasteiger partial charge in [-0.3, -0.25) is 4.79 Å². The number of nitrogens with one attached hydrogen (secondary N) is 2. The molecule has 1 amide bonds. The molecule has 0 spiro atoms. The van der Waals surface area contributed by atoms with Crippen LogP contribution in [0.15, 0.2) is 40.9 Å². The van der Waals surface area contributed by atoms with Gasteiger partial charge >= 0.3 is 0 Å². The van der Waals surface area contributed by atoms with Gasteiger partial charge in [0.2, 0.25) is 5.91 Å². The lowest BCUT2D eigenvalue weighted by molar-refractivity contribution is -0.114. The second kappa shape index (κ2) is 7.87. The summed E-state index contributed by atoms with van der Waals surface area (Å²) in [7, 11) is 3.17. The molecule has 0 unspecified atom stereocenters. The van der Waals surface area contributed by atoms with Gasteiger partial charge in [0.15, 0.2) is 0 Å². The number of ether oxygens (including phenoxy) is 2. The van der Waals surface area contributed by atoms with E-state index in [1.165, 1.54) is 0 Å². The largest absolute Gasteiger partial charge is 0.497 e. The monoisotopic (exact) mass is 378 g/mol. The van der Waals surface area contributed by atoms with Crippen molar-refractivity contribution in [3.05, 3.63) is 46.4 Å². The van der Waals surface area contributed by atoms with Crippen molar-refractivity contribution in [3.8, 4) is 11.5 Å². The number of benzene rings is 2. The van der Waals surface area contributed by atoms with E-state index in [9.17, 15) is 4.79 Å². The van der Waals surface area contributed by atoms with Crippen molar-refractivity contribution in [1.82, 2.24) is 0 Å². The maximum absolute atomic E-state index is 12.1. The van der Waals surface area contributed by atoms with Gasteiger partial charge in [0.25, 0.3) is 0 Å². The highest BCUT2D eigenvalue weighted by molar-refractivity contribution is 9.10. The third kappa shape index (κ3) is 4.63. The minimum Gasteiger partial charge on any atom is -0.497 e. The molecule has 0 bridgehead atoms. The molecular formula is C17H19BrN2O3. The van der Waals surface area contributed by atoms with Gasteiger partial charge in [-0.2, -0.15) is 0 Å². The van der Waals surface area contributed by atoms with Crippen LogP contribution in [0.25, 0.3) is 0 Å². The highest BCUT2D eigenvalue weighted by atomic mass is 79.9. The quantitative estimate of drug-likeness (QED) is 0.801. The molecule has 0 aliphatic rings. The maximum Gasteiger partial charge on any atom is 0.243 e. The van der Waals surface area contributed by atoms with Gasteiger partial charge in [0, 0.05) is 16.2 Å². The van der Waals surface area contributed by atoms with E-state index in [-0.39, 0.29) is 12.5 Å². The Morgan fingerprint density at radius 2 is 1.83 bits per heavy atom. The van der Waals surface area contributed by atoms with Gasteiger partial charge in [0.05, 0.1) is 26.5 Å². The molecule has 2 aromatic carbocycles. The van der Waals surface area contributed by atoms with Crippen molar-refractivity contribution < 1.29 is 14.3 Å². The first-order chi connectivity index (χ1) is 11.0.